The van der Waals surface area contributed by atoms with Crippen molar-refractivity contribution in [2.45, 2.75) is 0 Å². The third-order valence-electron chi connectivity index (χ3n) is 1.68. The van der Waals surface area contributed by atoms with E-state index in [9.17, 15) is 4.79 Å². The van der Waals surface area contributed by atoms with Gasteiger partial charge < -0.3 is 4.90 Å². The third kappa shape index (κ3) is 1.41. The highest BCUT2D eigenvalue weighted by Gasteiger charge is 2.25. The second-order valence-electron chi connectivity index (χ2n) is 2.65. The molecule has 1 fully saturated rings. The summed E-state index contributed by atoms with van der Waals surface area (Å²) in [6.07, 6.45) is 1.48. The average Bonchev–Trinajstić information content (AvgIpc) is 2.87. The lowest BCUT2D eigenvalue weighted by Crippen LogP contribution is -2.11. The SMILES string of the molecule is O=C(c1ccc(Cl)cn1)N1CC1. The van der Waals surface area contributed by atoms with Crippen LogP contribution in [0.4, 0.5) is 0 Å². The van der Waals surface area contributed by atoms with Crippen LogP contribution in [0.5, 0.6) is 0 Å². The highest BCUT2D eigenvalue weighted by Crippen LogP contribution is 2.12. The number of pyridine rings is 1. The number of halogens is 1. The molecule has 0 N–H and O–H groups in total. The Morgan fingerprint density at radius 3 is 2.75 bits per heavy atom. The first kappa shape index (κ1) is 7.55. The number of hydrogen-bond acceptors (Lipinski definition) is 2. The molecule has 4 heteroatoms. The van der Waals surface area contributed by atoms with E-state index in [2.05, 4.69) is 4.98 Å². The van der Waals surface area contributed by atoms with Gasteiger partial charge in [-0.25, -0.2) is 4.98 Å². The van der Waals surface area contributed by atoms with Gasteiger partial charge in [-0.3, -0.25) is 4.79 Å². The summed E-state index contributed by atoms with van der Waals surface area (Å²) in [7, 11) is 0. The van der Waals surface area contributed by atoms with Crippen LogP contribution in [0.25, 0.3) is 0 Å². The van der Waals surface area contributed by atoms with Crippen molar-refractivity contribution >= 4 is 17.5 Å². The molecule has 62 valence electrons. The van der Waals surface area contributed by atoms with Gasteiger partial charge in [0.2, 0.25) is 0 Å². The number of hydrogen-bond donors (Lipinski definition) is 0. The Hall–Kier alpha value is -1.09. The smallest absolute Gasteiger partial charge is 0.272 e. The number of nitrogens with zero attached hydrogens (tertiary/aromatic N) is 2. The summed E-state index contributed by atoms with van der Waals surface area (Å²) >= 11 is 5.62. The number of aromatic nitrogens is 1. The first-order chi connectivity index (χ1) is 5.77. The molecule has 1 aromatic heterocycles. The van der Waals surface area contributed by atoms with Gasteiger partial charge in [-0.05, 0) is 12.1 Å². The predicted molar refractivity (Wildman–Crippen MR) is 45.2 cm³/mol. The van der Waals surface area contributed by atoms with E-state index < -0.39 is 0 Å². The Bertz CT molecular complexity index is 305. The molecule has 1 saturated heterocycles. The summed E-state index contributed by atoms with van der Waals surface area (Å²) in [4.78, 5) is 17.0. The molecule has 1 amide bonds. The topological polar surface area (TPSA) is 33.0 Å². The monoisotopic (exact) mass is 182 g/mol. The van der Waals surface area contributed by atoms with E-state index in [0.29, 0.717) is 10.7 Å². The maximum Gasteiger partial charge on any atom is 0.272 e. The van der Waals surface area contributed by atoms with Gasteiger partial charge in [0.1, 0.15) is 5.69 Å². The molecule has 1 aliphatic rings. The number of rotatable bonds is 1. The molecular weight excluding hydrogens is 176 g/mol. The van der Waals surface area contributed by atoms with Gasteiger partial charge in [0.05, 0.1) is 5.02 Å². The number of carbonyl (C=O) groups is 1. The average molecular weight is 183 g/mol. The summed E-state index contributed by atoms with van der Waals surface area (Å²) in [5.74, 6) is -0.00772. The molecule has 12 heavy (non-hydrogen) atoms. The summed E-state index contributed by atoms with van der Waals surface area (Å²) < 4.78 is 0. The maximum atomic E-state index is 11.3. The fourth-order valence-electron chi connectivity index (χ4n) is 0.917. The minimum atomic E-state index is -0.00772. The van der Waals surface area contributed by atoms with Gasteiger partial charge in [-0.15, -0.1) is 0 Å². The number of carbonyl (C=O) groups excluding carboxylic acids is 1. The molecule has 0 aromatic carbocycles. The van der Waals surface area contributed by atoms with Gasteiger partial charge in [-0.1, -0.05) is 11.6 Å². The molecule has 0 atom stereocenters. The highest BCUT2D eigenvalue weighted by atomic mass is 35.5. The van der Waals surface area contributed by atoms with Crippen molar-refractivity contribution in [3.05, 3.63) is 29.0 Å². The van der Waals surface area contributed by atoms with Gasteiger partial charge in [-0.2, -0.15) is 0 Å². The fourth-order valence-corrected chi connectivity index (χ4v) is 1.03. The van der Waals surface area contributed by atoms with Crippen LogP contribution in [0.15, 0.2) is 18.3 Å². The second kappa shape index (κ2) is 2.75. The molecule has 2 rings (SSSR count). The van der Waals surface area contributed by atoms with Crippen LogP contribution in [0.2, 0.25) is 5.02 Å². The van der Waals surface area contributed by atoms with Crippen LogP contribution in [-0.4, -0.2) is 28.9 Å². The molecule has 1 aromatic rings. The Morgan fingerprint density at radius 1 is 1.50 bits per heavy atom. The van der Waals surface area contributed by atoms with E-state index in [4.69, 9.17) is 11.6 Å². The summed E-state index contributed by atoms with van der Waals surface area (Å²) in [6.45, 7) is 1.70. The Labute approximate surface area is 75.0 Å². The first-order valence-corrected chi connectivity index (χ1v) is 4.06. The van der Waals surface area contributed by atoms with Crippen LogP contribution < -0.4 is 0 Å². The zero-order valence-electron chi connectivity index (χ0n) is 6.33. The minimum Gasteiger partial charge on any atom is -0.334 e. The second-order valence-corrected chi connectivity index (χ2v) is 3.09. The summed E-state index contributed by atoms with van der Waals surface area (Å²) in [5, 5.41) is 0.553. The third-order valence-corrected chi connectivity index (χ3v) is 1.90. The molecule has 0 aliphatic carbocycles. The van der Waals surface area contributed by atoms with Crippen LogP contribution in [0.1, 0.15) is 10.5 Å². The molecule has 3 nitrogen and oxygen atoms in total. The van der Waals surface area contributed by atoms with Crippen molar-refractivity contribution in [3.63, 3.8) is 0 Å². The minimum absolute atomic E-state index is 0.00772. The zero-order valence-corrected chi connectivity index (χ0v) is 7.08. The standard InChI is InChI=1S/C8H7ClN2O/c9-6-1-2-7(10-5-6)8(12)11-3-4-11/h1-2,5H,3-4H2. The quantitative estimate of drug-likeness (QED) is 0.612. The maximum absolute atomic E-state index is 11.3. The van der Waals surface area contributed by atoms with Crippen molar-refractivity contribution in [1.82, 2.24) is 9.88 Å². The summed E-state index contributed by atoms with van der Waals surface area (Å²) in [6, 6.07) is 3.31. The van der Waals surface area contributed by atoms with Crippen LogP contribution in [0.3, 0.4) is 0 Å². The molecule has 0 saturated carbocycles. The Balaban J connectivity index is 2.22. The normalized spacial score (nSPS) is 14.6. The lowest BCUT2D eigenvalue weighted by atomic mass is 10.3. The van der Waals surface area contributed by atoms with E-state index in [0.717, 1.165) is 13.1 Å². The van der Waals surface area contributed by atoms with Gasteiger partial charge in [0, 0.05) is 19.3 Å². The van der Waals surface area contributed by atoms with E-state index in [1.807, 2.05) is 0 Å². The van der Waals surface area contributed by atoms with Gasteiger partial charge in [0.25, 0.3) is 5.91 Å². The molecule has 0 unspecified atom stereocenters. The zero-order chi connectivity index (χ0) is 8.55. The summed E-state index contributed by atoms with van der Waals surface area (Å²) in [5.41, 5.74) is 0.469. The molecule has 0 radical (unpaired) electrons. The van der Waals surface area contributed by atoms with E-state index in [1.54, 1.807) is 17.0 Å². The lowest BCUT2D eigenvalue weighted by molar-refractivity contribution is 0.0880. The molecule has 1 aliphatic heterocycles. The number of amides is 1. The van der Waals surface area contributed by atoms with E-state index in [-0.39, 0.29) is 5.91 Å². The predicted octanol–water partition coefficient (Wildman–Crippen LogP) is 1.19. The van der Waals surface area contributed by atoms with Crippen molar-refractivity contribution in [2.24, 2.45) is 0 Å². The van der Waals surface area contributed by atoms with E-state index in [1.165, 1.54) is 6.20 Å². The fraction of sp³-hybridized carbons (Fsp3) is 0.250. The van der Waals surface area contributed by atoms with Crippen LogP contribution >= 0.6 is 11.6 Å². The lowest BCUT2D eigenvalue weighted by Gasteiger charge is -1.99. The Kier molecular flexibility index (Phi) is 1.73. The van der Waals surface area contributed by atoms with Crippen molar-refractivity contribution in [2.75, 3.05) is 13.1 Å². The molecule has 2 heterocycles. The highest BCUT2D eigenvalue weighted by molar-refractivity contribution is 6.30. The van der Waals surface area contributed by atoms with Crippen LogP contribution in [0, 0.1) is 0 Å². The largest absolute Gasteiger partial charge is 0.334 e. The molecular formula is C8H7ClN2O. The van der Waals surface area contributed by atoms with Crippen LogP contribution in [-0.2, 0) is 0 Å². The van der Waals surface area contributed by atoms with Gasteiger partial charge >= 0.3 is 0 Å². The van der Waals surface area contributed by atoms with Crippen molar-refractivity contribution in [1.29, 1.82) is 0 Å². The van der Waals surface area contributed by atoms with E-state index >= 15 is 0 Å². The molecule has 0 spiro atoms. The Morgan fingerprint density at radius 2 is 2.25 bits per heavy atom. The first-order valence-electron chi connectivity index (χ1n) is 3.68. The molecule has 0 bridgehead atoms. The van der Waals surface area contributed by atoms with Crippen molar-refractivity contribution < 1.29 is 4.79 Å². The van der Waals surface area contributed by atoms with Crippen molar-refractivity contribution in [3.8, 4) is 0 Å². The van der Waals surface area contributed by atoms with Gasteiger partial charge in [0.15, 0.2) is 0 Å².